The van der Waals surface area contributed by atoms with Crippen LogP contribution in [0.5, 0.6) is 0 Å². The number of benzene rings is 1. The first-order valence-electron chi connectivity index (χ1n) is 11.4. The third-order valence-electron chi connectivity index (χ3n) is 7.08. The van der Waals surface area contributed by atoms with Gasteiger partial charge in [0.25, 0.3) is 0 Å². The minimum absolute atomic E-state index is 0.0767. The summed E-state index contributed by atoms with van der Waals surface area (Å²) in [4.78, 5) is 22.5. The molecule has 2 fully saturated rings. The van der Waals surface area contributed by atoms with Gasteiger partial charge in [-0.05, 0) is 24.9 Å². The van der Waals surface area contributed by atoms with Gasteiger partial charge in [-0.15, -0.1) is 0 Å². The largest absolute Gasteiger partial charge is 0.354 e. The van der Waals surface area contributed by atoms with Gasteiger partial charge in [-0.25, -0.2) is 4.98 Å². The van der Waals surface area contributed by atoms with Crippen molar-refractivity contribution in [2.45, 2.75) is 25.2 Å². The van der Waals surface area contributed by atoms with Crippen molar-refractivity contribution in [2.75, 3.05) is 44.2 Å². The highest BCUT2D eigenvalue weighted by Gasteiger charge is 2.40. The van der Waals surface area contributed by atoms with E-state index < -0.39 is 0 Å². The third-order valence-corrected chi connectivity index (χ3v) is 7.08. The van der Waals surface area contributed by atoms with Crippen LogP contribution >= 0.6 is 0 Å². The van der Waals surface area contributed by atoms with Crippen LogP contribution in [0.1, 0.15) is 29.2 Å². The summed E-state index contributed by atoms with van der Waals surface area (Å²) >= 11 is 0. The molecule has 160 valence electrons. The van der Waals surface area contributed by atoms with Crippen molar-refractivity contribution in [3.05, 3.63) is 59.4 Å². The van der Waals surface area contributed by atoms with E-state index in [2.05, 4.69) is 50.5 Å². The molecule has 1 amide bonds. The Kier molecular flexibility index (Phi) is 4.64. The lowest BCUT2D eigenvalue weighted by molar-refractivity contribution is -0.135. The predicted molar refractivity (Wildman–Crippen MR) is 119 cm³/mol. The van der Waals surface area contributed by atoms with Crippen molar-refractivity contribution in [3.8, 4) is 0 Å². The maximum atomic E-state index is 13.2. The molecule has 7 nitrogen and oxygen atoms in total. The molecule has 0 bridgehead atoms. The van der Waals surface area contributed by atoms with E-state index in [1.807, 2.05) is 16.8 Å². The van der Waals surface area contributed by atoms with Gasteiger partial charge < -0.3 is 15.1 Å². The van der Waals surface area contributed by atoms with Crippen LogP contribution in [0.15, 0.2) is 42.6 Å². The zero-order valence-electron chi connectivity index (χ0n) is 17.7. The minimum atomic E-state index is 0.0767. The molecular formula is C24H28N6O. The summed E-state index contributed by atoms with van der Waals surface area (Å²) in [5.74, 6) is 2.00. The molecule has 0 aliphatic carbocycles. The first kappa shape index (κ1) is 18.8. The van der Waals surface area contributed by atoms with Crippen molar-refractivity contribution >= 4 is 17.4 Å². The number of amides is 1. The summed E-state index contributed by atoms with van der Waals surface area (Å²) in [7, 11) is 0. The normalized spacial score (nSPS) is 21.7. The summed E-state index contributed by atoms with van der Waals surface area (Å²) in [6.45, 7) is 5.17. The van der Waals surface area contributed by atoms with Crippen LogP contribution in [-0.2, 0) is 17.6 Å². The molecule has 0 spiro atoms. The van der Waals surface area contributed by atoms with Gasteiger partial charge in [0, 0.05) is 56.7 Å². The molecule has 6 rings (SSSR count). The molecule has 7 heteroatoms. The number of rotatable bonds is 3. The van der Waals surface area contributed by atoms with Gasteiger partial charge >= 0.3 is 0 Å². The number of nitrogens with one attached hydrogen (secondary N) is 1. The van der Waals surface area contributed by atoms with Crippen molar-refractivity contribution in [1.82, 2.24) is 24.8 Å². The third kappa shape index (κ3) is 3.28. The monoisotopic (exact) mass is 416 g/mol. The van der Waals surface area contributed by atoms with E-state index in [-0.39, 0.29) is 5.92 Å². The van der Waals surface area contributed by atoms with E-state index >= 15 is 0 Å². The van der Waals surface area contributed by atoms with Crippen molar-refractivity contribution in [1.29, 1.82) is 0 Å². The highest BCUT2D eigenvalue weighted by atomic mass is 16.2. The molecule has 2 saturated heterocycles. The molecule has 2 aromatic heterocycles. The maximum absolute atomic E-state index is 13.2. The van der Waals surface area contributed by atoms with Crippen LogP contribution in [0.2, 0.25) is 0 Å². The van der Waals surface area contributed by atoms with Crippen LogP contribution in [0.25, 0.3) is 5.65 Å². The van der Waals surface area contributed by atoms with Crippen LogP contribution in [-0.4, -0.2) is 64.7 Å². The Hall–Kier alpha value is -2.93. The van der Waals surface area contributed by atoms with Crippen molar-refractivity contribution < 1.29 is 4.79 Å². The Morgan fingerprint density at radius 2 is 1.87 bits per heavy atom. The molecule has 0 saturated carbocycles. The Morgan fingerprint density at radius 1 is 1.03 bits per heavy atom. The Balaban J connectivity index is 1.18. The zero-order chi connectivity index (χ0) is 20.8. The molecular weight excluding hydrogens is 388 g/mol. The van der Waals surface area contributed by atoms with Crippen LogP contribution < -0.4 is 10.2 Å². The summed E-state index contributed by atoms with van der Waals surface area (Å²) < 4.78 is 1.96. The molecule has 31 heavy (non-hydrogen) atoms. The van der Waals surface area contributed by atoms with E-state index in [9.17, 15) is 4.79 Å². The second-order valence-corrected chi connectivity index (χ2v) is 8.99. The van der Waals surface area contributed by atoms with Crippen LogP contribution in [0, 0.1) is 5.92 Å². The fourth-order valence-electron chi connectivity index (χ4n) is 5.36. The Bertz CT molecular complexity index is 1100. The Labute approximate surface area is 182 Å². The average molecular weight is 417 g/mol. The number of aromatic nitrogens is 3. The van der Waals surface area contributed by atoms with Gasteiger partial charge in [-0.1, -0.05) is 30.3 Å². The van der Waals surface area contributed by atoms with Gasteiger partial charge in [0.1, 0.15) is 5.82 Å². The zero-order valence-corrected chi connectivity index (χ0v) is 17.7. The first-order valence-corrected chi connectivity index (χ1v) is 11.4. The highest BCUT2D eigenvalue weighted by Crippen LogP contribution is 2.34. The number of hydrogen-bond donors (Lipinski definition) is 1. The predicted octanol–water partition coefficient (Wildman–Crippen LogP) is 1.87. The SMILES string of the molecule is O=C(C1CN(c2c3c(nc4ccnn24)CCNCC3)C1)N1CCC(c2ccccc2)C1. The van der Waals surface area contributed by atoms with Gasteiger partial charge in [-0.3, -0.25) is 4.79 Å². The Morgan fingerprint density at radius 3 is 2.74 bits per heavy atom. The molecule has 1 atom stereocenters. The number of carbonyl (C=O) groups excluding carboxylic acids is 1. The standard InChI is InChI=1S/C24H28N6O/c31-24(28-13-9-18(14-28)17-4-2-1-3-5-17)19-15-29(16-19)23-20-6-10-25-11-7-21(20)27-22-8-12-26-30(22)23/h1-5,8,12,18-19,25H,6-7,9-11,13-16H2. The summed E-state index contributed by atoms with van der Waals surface area (Å²) in [6, 6.07) is 12.6. The van der Waals surface area contributed by atoms with Crippen LogP contribution in [0.4, 0.5) is 5.82 Å². The fourth-order valence-corrected chi connectivity index (χ4v) is 5.36. The quantitative estimate of drug-likeness (QED) is 0.706. The van der Waals surface area contributed by atoms with E-state index in [4.69, 9.17) is 4.98 Å². The van der Waals surface area contributed by atoms with E-state index in [0.29, 0.717) is 11.8 Å². The first-order chi connectivity index (χ1) is 15.3. The van der Waals surface area contributed by atoms with Gasteiger partial charge in [0.05, 0.1) is 17.8 Å². The van der Waals surface area contributed by atoms with Crippen molar-refractivity contribution in [3.63, 3.8) is 0 Å². The van der Waals surface area contributed by atoms with Gasteiger partial charge in [0.15, 0.2) is 5.65 Å². The van der Waals surface area contributed by atoms with Crippen molar-refractivity contribution in [2.24, 2.45) is 5.92 Å². The molecule has 0 radical (unpaired) electrons. The number of anilines is 1. The van der Waals surface area contributed by atoms with E-state index in [1.165, 1.54) is 16.8 Å². The van der Waals surface area contributed by atoms with Gasteiger partial charge in [0.2, 0.25) is 5.91 Å². The fraction of sp³-hybridized carbons (Fsp3) is 0.458. The minimum Gasteiger partial charge on any atom is -0.354 e. The highest BCUT2D eigenvalue weighted by molar-refractivity contribution is 5.82. The van der Waals surface area contributed by atoms with E-state index in [0.717, 1.165) is 70.0 Å². The number of carbonyl (C=O) groups is 1. The van der Waals surface area contributed by atoms with Crippen LogP contribution in [0.3, 0.4) is 0 Å². The second kappa shape index (κ2) is 7.64. The lowest BCUT2D eigenvalue weighted by atomic mass is 9.96. The average Bonchev–Trinajstić information content (AvgIpc) is 3.38. The van der Waals surface area contributed by atoms with E-state index in [1.54, 1.807) is 0 Å². The summed E-state index contributed by atoms with van der Waals surface area (Å²) in [5, 5.41) is 8.02. The summed E-state index contributed by atoms with van der Waals surface area (Å²) in [6.07, 6.45) is 4.77. The molecule has 5 heterocycles. The van der Waals surface area contributed by atoms with Gasteiger partial charge in [-0.2, -0.15) is 9.61 Å². The molecule has 3 aromatic rings. The molecule has 3 aliphatic rings. The second-order valence-electron chi connectivity index (χ2n) is 8.99. The summed E-state index contributed by atoms with van der Waals surface area (Å²) in [5.41, 5.74) is 4.71. The number of nitrogens with zero attached hydrogens (tertiary/aromatic N) is 5. The molecule has 1 unspecified atom stereocenters. The molecule has 1 aromatic carbocycles. The number of hydrogen-bond acceptors (Lipinski definition) is 5. The molecule has 1 N–H and O–H groups in total. The number of fused-ring (bicyclic) bond motifs is 2. The lowest BCUT2D eigenvalue weighted by Gasteiger charge is -2.42. The topological polar surface area (TPSA) is 65.8 Å². The number of likely N-dealkylation sites (tertiary alicyclic amines) is 1. The maximum Gasteiger partial charge on any atom is 0.229 e. The smallest absolute Gasteiger partial charge is 0.229 e. The molecule has 3 aliphatic heterocycles. The lowest BCUT2D eigenvalue weighted by Crippen LogP contribution is -2.55.